The fraction of sp³-hybridized carbons (Fsp3) is 0.286. The number of halogens is 1. The second-order valence-electron chi connectivity index (χ2n) is 6.91. The Morgan fingerprint density at radius 2 is 1.79 bits per heavy atom. The van der Waals surface area contributed by atoms with E-state index in [0.717, 1.165) is 25.7 Å². The van der Waals surface area contributed by atoms with Crippen LogP contribution in [0.2, 0.25) is 0 Å². The maximum atomic E-state index is 13.4. The lowest BCUT2D eigenvalue weighted by Crippen LogP contribution is -2.33. The third kappa shape index (κ3) is 3.60. The summed E-state index contributed by atoms with van der Waals surface area (Å²) in [5.74, 6) is -0.872. The number of carbonyl (C=O) groups excluding carboxylic acids is 2. The van der Waals surface area contributed by atoms with E-state index in [1.165, 1.54) is 18.2 Å². The predicted octanol–water partition coefficient (Wildman–Crippen LogP) is 3.74. The molecule has 2 aromatic heterocycles. The second kappa shape index (κ2) is 7.80. The largest absolute Gasteiger partial charge is 0.336 e. The number of aromatic nitrogens is 2. The van der Waals surface area contributed by atoms with Gasteiger partial charge in [-0.15, -0.1) is 0 Å². The lowest BCUT2D eigenvalue weighted by molar-refractivity contribution is 0.0748. The summed E-state index contributed by atoms with van der Waals surface area (Å²) < 4.78 is 15.0. The number of rotatable bonds is 3. The quantitative estimate of drug-likeness (QED) is 0.753. The molecule has 1 aliphatic rings. The molecular formula is C21H21FN4O2. The minimum absolute atomic E-state index is 0.142. The van der Waals surface area contributed by atoms with Gasteiger partial charge in [0.2, 0.25) is 5.82 Å². The normalized spacial score (nSPS) is 14.7. The van der Waals surface area contributed by atoms with E-state index in [9.17, 15) is 14.0 Å². The first-order valence-electron chi connectivity index (χ1n) is 9.47. The highest BCUT2D eigenvalue weighted by atomic mass is 19.1. The average molecular weight is 380 g/mol. The smallest absolute Gasteiger partial charge is 0.290 e. The van der Waals surface area contributed by atoms with Crippen molar-refractivity contribution in [3.63, 3.8) is 0 Å². The highest BCUT2D eigenvalue weighted by molar-refractivity contribution is 6.08. The Hall–Kier alpha value is -3.22. The number of imidazole rings is 1. The van der Waals surface area contributed by atoms with E-state index in [1.807, 2.05) is 4.90 Å². The molecule has 2 amide bonds. The molecule has 144 valence electrons. The van der Waals surface area contributed by atoms with Gasteiger partial charge in [0.05, 0.1) is 5.52 Å². The van der Waals surface area contributed by atoms with Crippen molar-refractivity contribution in [2.24, 2.45) is 0 Å². The monoisotopic (exact) mass is 380 g/mol. The molecule has 0 atom stereocenters. The number of nitrogens with zero attached hydrogens (tertiary/aromatic N) is 3. The Morgan fingerprint density at radius 1 is 1.00 bits per heavy atom. The number of nitrogens with one attached hydrogen (secondary N) is 1. The summed E-state index contributed by atoms with van der Waals surface area (Å²) in [6.45, 7) is 1.40. The van der Waals surface area contributed by atoms with Crippen LogP contribution >= 0.6 is 0 Å². The zero-order chi connectivity index (χ0) is 19.5. The highest BCUT2D eigenvalue weighted by Gasteiger charge is 2.25. The molecule has 6 nitrogen and oxygen atoms in total. The molecule has 0 saturated carbocycles. The number of anilines is 1. The molecule has 0 spiro atoms. The van der Waals surface area contributed by atoms with Crippen molar-refractivity contribution in [3.8, 4) is 0 Å². The minimum Gasteiger partial charge on any atom is -0.336 e. The molecule has 7 heteroatoms. The third-order valence-corrected chi connectivity index (χ3v) is 4.93. The summed E-state index contributed by atoms with van der Waals surface area (Å²) in [5, 5.41) is 2.65. The molecule has 28 heavy (non-hydrogen) atoms. The Bertz CT molecular complexity index is 1020. The van der Waals surface area contributed by atoms with Crippen molar-refractivity contribution in [1.29, 1.82) is 0 Å². The van der Waals surface area contributed by atoms with E-state index in [2.05, 4.69) is 10.3 Å². The van der Waals surface area contributed by atoms with Crippen LogP contribution in [-0.2, 0) is 0 Å². The van der Waals surface area contributed by atoms with Crippen LogP contribution in [0.15, 0.2) is 48.7 Å². The van der Waals surface area contributed by atoms with Crippen LogP contribution in [0.5, 0.6) is 0 Å². The lowest BCUT2D eigenvalue weighted by Gasteiger charge is -2.19. The van der Waals surface area contributed by atoms with Crippen molar-refractivity contribution >= 4 is 23.0 Å². The van der Waals surface area contributed by atoms with Crippen LogP contribution in [-0.4, -0.2) is 39.2 Å². The molecule has 3 heterocycles. The fourth-order valence-electron chi connectivity index (χ4n) is 3.53. The summed E-state index contributed by atoms with van der Waals surface area (Å²) in [6, 6.07) is 11.0. The molecular weight excluding hydrogens is 359 g/mol. The van der Waals surface area contributed by atoms with Crippen molar-refractivity contribution in [3.05, 3.63) is 66.0 Å². The van der Waals surface area contributed by atoms with E-state index < -0.39 is 11.7 Å². The standard InChI is InChI=1S/C21H21FN4O2/c22-15-8-7-9-16(14-15)23-20(27)18-17-10-3-6-13-26(17)19(24-18)21(28)25-11-4-1-2-5-12-25/h3,6-10,13-14H,1-2,4-5,11-12H2,(H,23,27). The van der Waals surface area contributed by atoms with Crippen LogP contribution in [0.3, 0.4) is 0 Å². The number of hydrogen-bond donors (Lipinski definition) is 1. The molecule has 0 bridgehead atoms. The zero-order valence-corrected chi connectivity index (χ0v) is 15.4. The molecule has 1 N–H and O–H groups in total. The molecule has 0 unspecified atom stereocenters. The van der Waals surface area contributed by atoms with Gasteiger partial charge in [0.15, 0.2) is 5.69 Å². The molecule has 1 saturated heterocycles. The van der Waals surface area contributed by atoms with Gasteiger partial charge >= 0.3 is 0 Å². The third-order valence-electron chi connectivity index (χ3n) is 4.93. The average Bonchev–Trinajstić information content (AvgIpc) is 2.87. The fourth-order valence-corrected chi connectivity index (χ4v) is 3.53. The zero-order valence-electron chi connectivity index (χ0n) is 15.4. The minimum atomic E-state index is -0.482. The van der Waals surface area contributed by atoms with Crippen molar-refractivity contribution in [2.75, 3.05) is 18.4 Å². The van der Waals surface area contributed by atoms with E-state index in [1.54, 1.807) is 34.9 Å². The van der Waals surface area contributed by atoms with Gasteiger partial charge in [-0.25, -0.2) is 9.37 Å². The summed E-state index contributed by atoms with van der Waals surface area (Å²) >= 11 is 0. The maximum Gasteiger partial charge on any atom is 0.290 e. The van der Waals surface area contributed by atoms with Gasteiger partial charge in [-0.3, -0.25) is 14.0 Å². The van der Waals surface area contributed by atoms with E-state index >= 15 is 0 Å². The summed E-state index contributed by atoms with van der Waals surface area (Å²) in [4.78, 5) is 32.0. The van der Waals surface area contributed by atoms with Crippen LogP contribution in [0.4, 0.5) is 10.1 Å². The van der Waals surface area contributed by atoms with Crippen molar-refractivity contribution in [1.82, 2.24) is 14.3 Å². The first-order chi connectivity index (χ1) is 13.6. The number of likely N-dealkylation sites (tertiary alicyclic amines) is 1. The molecule has 1 aromatic carbocycles. The van der Waals surface area contributed by atoms with Crippen LogP contribution in [0.1, 0.15) is 46.8 Å². The predicted molar refractivity (Wildman–Crippen MR) is 104 cm³/mol. The SMILES string of the molecule is O=C(Nc1cccc(F)c1)c1nc(C(=O)N2CCCCCC2)n2ccccc12. The number of benzene rings is 1. The topological polar surface area (TPSA) is 66.7 Å². The molecule has 3 aromatic rings. The number of pyridine rings is 1. The lowest BCUT2D eigenvalue weighted by atomic mass is 10.2. The van der Waals surface area contributed by atoms with Gasteiger partial charge in [-0.05, 0) is 43.2 Å². The van der Waals surface area contributed by atoms with Gasteiger partial charge in [0.1, 0.15) is 5.82 Å². The van der Waals surface area contributed by atoms with Crippen LogP contribution in [0, 0.1) is 5.82 Å². The maximum absolute atomic E-state index is 13.4. The van der Waals surface area contributed by atoms with Gasteiger partial charge in [0, 0.05) is 25.0 Å². The molecule has 1 fully saturated rings. The Labute approximate surface area is 162 Å². The molecule has 0 radical (unpaired) electrons. The summed E-state index contributed by atoms with van der Waals surface area (Å²) in [5.41, 5.74) is 1.01. The van der Waals surface area contributed by atoms with Gasteiger partial charge in [0.25, 0.3) is 11.8 Å². The number of hydrogen-bond acceptors (Lipinski definition) is 3. The number of amides is 2. The first kappa shape index (κ1) is 18.2. The van der Waals surface area contributed by atoms with Crippen molar-refractivity contribution < 1.29 is 14.0 Å². The van der Waals surface area contributed by atoms with Gasteiger partial charge < -0.3 is 10.2 Å². The van der Waals surface area contributed by atoms with Crippen LogP contribution < -0.4 is 5.32 Å². The molecule has 0 aliphatic carbocycles. The van der Waals surface area contributed by atoms with Gasteiger partial charge in [-0.2, -0.15) is 0 Å². The number of fused-ring (bicyclic) bond motifs is 1. The molecule has 1 aliphatic heterocycles. The Balaban J connectivity index is 1.68. The van der Waals surface area contributed by atoms with E-state index in [-0.39, 0.29) is 17.4 Å². The highest BCUT2D eigenvalue weighted by Crippen LogP contribution is 2.19. The second-order valence-corrected chi connectivity index (χ2v) is 6.91. The summed E-state index contributed by atoms with van der Waals surface area (Å²) in [6.07, 6.45) is 5.91. The number of carbonyl (C=O) groups is 2. The van der Waals surface area contributed by atoms with E-state index in [4.69, 9.17) is 0 Å². The van der Waals surface area contributed by atoms with Gasteiger partial charge in [-0.1, -0.05) is 25.0 Å². The van der Waals surface area contributed by atoms with E-state index in [0.29, 0.717) is 24.3 Å². The summed E-state index contributed by atoms with van der Waals surface area (Å²) in [7, 11) is 0. The Morgan fingerprint density at radius 3 is 2.54 bits per heavy atom. The Kier molecular flexibility index (Phi) is 5.06. The van der Waals surface area contributed by atoms with Crippen molar-refractivity contribution in [2.45, 2.75) is 25.7 Å². The van der Waals surface area contributed by atoms with Crippen LogP contribution in [0.25, 0.3) is 5.52 Å². The first-order valence-corrected chi connectivity index (χ1v) is 9.47. The molecule has 4 rings (SSSR count).